The molecular weight excluding hydrogens is 260 g/mol. The average Bonchev–Trinajstić information content (AvgIpc) is 2.53. The molecule has 0 aromatic heterocycles. The lowest BCUT2D eigenvalue weighted by molar-refractivity contribution is 0.0817. The molecule has 21 heavy (non-hydrogen) atoms. The molecule has 0 amide bonds. The first-order valence-electron chi connectivity index (χ1n) is 9.00. The third-order valence-corrected chi connectivity index (χ3v) is 4.13. The van der Waals surface area contributed by atoms with Gasteiger partial charge in [-0.2, -0.15) is 0 Å². The van der Waals surface area contributed by atoms with Crippen molar-refractivity contribution in [3.05, 3.63) is 0 Å². The Kier molecular flexibility index (Phi) is 17.9. The lowest BCUT2D eigenvalue weighted by Gasteiger charge is -2.27. The number of nitrogens with zero attached hydrogens (tertiary/aromatic N) is 2. The van der Waals surface area contributed by atoms with Gasteiger partial charge in [0, 0.05) is 33.3 Å². The number of hydrogen-bond acceptors (Lipinski definition) is 3. The SMILES string of the molecule is CC.CCC(CCN(C)CCN(CC)C[C@H](C)CC)OC. The van der Waals surface area contributed by atoms with E-state index in [0.717, 1.165) is 38.4 Å². The third kappa shape index (κ3) is 13.3. The summed E-state index contributed by atoms with van der Waals surface area (Å²) in [6.07, 6.45) is 3.95. The topological polar surface area (TPSA) is 15.7 Å². The van der Waals surface area contributed by atoms with Crippen LogP contribution in [-0.4, -0.2) is 62.8 Å². The molecule has 0 fully saturated rings. The van der Waals surface area contributed by atoms with Gasteiger partial charge in [-0.15, -0.1) is 0 Å². The Morgan fingerprint density at radius 1 is 0.952 bits per heavy atom. The zero-order valence-corrected chi connectivity index (χ0v) is 16.1. The zero-order chi connectivity index (χ0) is 16.7. The van der Waals surface area contributed by atoms with E-state index in [-0.39, 0.29) is 0 Å². The molecule has 0 N–H and O–H groups in total. The maximum absolute atomic E-state index is 5.43. The minimum Gasteiger partial charge on any atom is -0.381 e. The van der Waals surface area contributed by atoms with E-state index >= 15 is 0 Å². The molecule has 3 nitrogen and oxygen atoms in total. The minimum atomic E-state index is 0.421. The Balaban J connectivity index is 0. The summed E-state index contributed by atoms with van der Waals surface area (Å²) in [6.45, 7) is 18.9. The monoisotopic (exact) mass is 302 g/mol. The molecule has 0 rings (SSSR count). The highest BCUT2D eigenvalue weighted by atomic mass is 16.5. The molecule has 0 radical (unpaired) electrons. The van der Waals surface area contributed by atoms with Gasteiger partial charge >= 0.3 is 0 Å². The van der Waals surface area contributed by atoms with Gasteiger partial charge in [-0.1, -0.05) is 48.0 Å². The molecule has 0 aliphatic carbocycles. The molecule has 130 valence electrons. The van der Waals surface area contributed by atoms with Crippen molar-refractivity contribution in [2.45, 2.75) is 66.9 Å². The van der Waals surface area contributed by atoms with Gasteiger partial charge in [0.15, 0.2) is 0 Å². The van der Waals surface area contributed by atoms with Crippen molar-refractivity contribution in [3.63, 3.8) is 0 Å². The van der Waals surface area contributed by atoms with E-state index in [1.54, 1.807) is 0 Å². The van der Waals surface area contributed by atoms with Crippen LogP contribution in [0.3, 0.4) is 0 Å². The van der Waals surface area contributed by atoms with Crippen LogP contribution < -0.4 is 0 Å². The maximum Gasteiger partial charge on any atom is 0.0580 e. The van der Waals surface area contributed by atoms with E-state index in [2.05, 4.69) is 44.5 Å². The summed E-state index contributed by atoms with van der Waals surface area (Å²) in [5.41, 5.74) is 0. The summed E-state index contributed by atoms with van der Waals surface area (Å²) < 4.78 is 5.43. The quantitative estimate of drug-likeness (QED) is 0.539. The largest absolute Gasteiger partial charge is 0.381 e. The van der Waals surface area contributed by atoms with Gasteiger partial charge in [-0.05, 0) is 32.4 Å². The van der Waals surface area contributed by atoms with Gasteiger partial charge in [0.05, 0.1) is 6.10 Å². The Morgan fingerprint density at radius 3 is 2.00 bits per heavy atom. The summed E-state index contributed by atoms with van der Waals surface area (Å²) >= 11 is 0. The molecule has 0 spiro atoms. The van der Waals surface area contributed by atoms with Crippen molar-refractivity contribution in [2.75, 3.05) is 46.9 Å². The molecule has 0 aliphatic heterocycles. The van der Waals surface area contributed by atoms with Crippen LogP contribution in [0, 0.1) is 5.92 Å². The van der Waals surface area contributed by atoms with Crippen LogP contribution in [0.2, 0.25) is 0 Å². The van der Waals surface area contributed by atoms with Crippen molar-refractivity contribution in [3.8, 4) is 0 Å². The summed E-state index contributed by atoms with van der Waals surface area (Å²) in [5, 5.41) is 0. The third-order valence-electron chi connectivity index (χ3n) is 4.13. The number of methoxy groups -OCH3 is 1. The standard InChI is InChI=1S/C16H36N2O.C2H6/c1-7-15(4)14-18(9-3)13-12-17(5)11-10-16(8-2)19-6;1-2/h15-16H,7-14H2,1-6H3;1-2H3/t15-,16?;/m1./s1. The van der Waals surface area contributed by atoms with Crippen LogP contribution in [0.15, 0.2) is 0 Å². The van der Waals surface area contributed by atoms with Crippen molar-refractivity contribution in [1.29, 1.82) is 0 Å². The second-order valence-corrected chi connectivity index (χ2v) is 5.76. The van der Waals surface area contributed by atoms with Gasteiger partial charge in [-0.25, -0.2) is 0 Å². The lowest BCUT2D eigenvalue weighted by atomic mass is 10.1. The molecular formula is C18H42N2O. The van der Waals surface area contributed by atoms with E-state index in [0.29, 0.717) is 6.10 Å². The van der Waals surface area contributed by atoms with Gasteiger partial charge in [-0.3, -0.25) is 0 Å². The predicted molar refractivity (Wildman–Crippen MR) is 96.1 cm³/mol. The highest BCUT2D eigenvalue weighted by Crippen LogP contribution is 2.05. The number of ether oxygens (including phenoxy) is 1. The van der Waals surface area contributed by atoms with Crippen LogP contribution in [0.5, 0.6) is 0 Å². The predicted octanol–water partition coefficient (Wildman–Crippen LogP) is 4.13. The second-order valence-electron chi connectivity index (χ2n) is 5.76. The first-order chi connectivity index (χ1) is 10.1. The van der Waals surface area contributed by atoms with Crippen molar-refractivity contribution >= 4 is 0 Å². The Morgan fingerprint density at radius 2 is 1.57 bits per heavy atom. The van der Waals surface area contributed by atoms with Crippen LogP contribution in [-0.2, 0) is 4.74 Å². The molecule has 0 aromatic rings. The molecule has 0 aromatic carbocycles. The van der Waals surface area contributed by atoms with Crippen molar-refractivity contribution < 1.29 is 4.74 Å². The van der Waals surface area contributed by atoms with Crippen LogP contribution in [0.25, 0.3) is 0 Å². The van der Waals surface area contributed by atoms with Gasteiger partial charge < -0.3 is 14.5 Å². The van der Waals surface area contributed by atoms with Crippen LogP contribution in [0.4, 0.5) is 0 Å². The Bertz CT molecular complexity index is 196. The number of hydrogen-bond donors (Lipinski definition) is 0. The summed E-state index contributed by atoms with van der Waals surface area (Å²) in [7, 11) is 4.04. The van der Waals surface area contributed by atoms with Gasteiger partial charge in [0.25, 0.3) is 0 Å². The molecule has 2 atom stereocenters. The second kappa shape index (κ2) is 16.3. The fraction of sp³-hybridized carbons (Fsp3) is 1.00. The minimum absolute atomic E-state index is 0.421. The van der Waals surface area contributed by atoms with Crippen molar-refractivity contribution in [2.24, 2.45) is 5.92 Å². The van der Waals surface area contributed by atoms with Crippen LogP contribution in [0.1, 0.15) is 60.8 Å². The van der Waals surface area contributed by atoms with E-state index in [1.807, 2.05) is 21.0 Å². The van der Waals surface area contributed by atoms with E-state index in [1.165, 1.54) is 19.5 Å². The normalized spacial score (nSPS) is 14.0. The molecule has 0 bridgehead atoms. The van der Waals surface area contributed by atoms with Gasteiger partial charge in [0.2, 0.25) is 0 Å². The number of rotatable bonds is 12. The maximum atomic E-state index is 5.43. The van der Waals surface area contributed by atoms with Crippen LogP contribution >= 0.6 is 0 Å². The highest BCUT2D eigenvalue weighted by Gasteiger charge is 2.10. The smallest absolute Gasteiger partial charge is 0.0580 e. The first kappa shape index (κ1) is 23.2. The Hall–Kier alpha value is -0.120. The molecule has 0 heterocycles. The molecule has 0 saturated heterocycles. The fourth-order valence-corrected chi connectivity index (χ4v) is 2.23. The fourth-order valence-electron chi connectivity index (χ4n) is 2.23. The van der Waals surface area contributed by atoms with Crippen molar-refractivity contribution in [1.82, 2.24) is 9.80 Å². The molecule has 0 saturated carbocycles. The summed E-state index contributed by atoms with van der Waals surface area (Å²) in [5.74, 6) is 0.809. The first-order valence-corrected chi connectivity index (χ1v) is 9.00. The van der Waals surface area contributed by atoms with E-state index in [4.69, 9.17) is 4.74 Å². The molecule has 1 unspecified atom stereocenters. The number of likely N-dealkylation sites (N-methyl/N-ethyl adjacent to an activating group) is 2. The summed E-state index contributed by atoms with van der Waals surface area (Å²) in [6, 6.07) is 0. The van der Waals surface area contributed by atoms with E-state index in [9.17, 15) is 0 Å². The highest BCUT2D eigenvalue weighted by molar-refractivity contribution is 4.64. The summed E-state index contributed by atoms with van der Waals surface area (Å²) in [4.78, 5) is 5.00. The van der Waals surface area contributed by atoms with Gasteiger partial charge in [0.1, 0.15) is 0 Å². The zero-order valence-electron chi connectivity index (χ0n) is 16.1. The molecule has 0 aliphatic rings. The lowest BCUT2D eigenvalue weighted by Crippen LogP contribution is -2.36. The Labute approximate surface area is 135 Å². The average molecular weight is 303 g/mol. The van der Waals surface area contributed by atoms with E-state index < -0.39 is 0 Å². The molecule has 3 heteroatoms.